The van der Waals surface area contributed by atoms with Gasteiger partial charge in [-0.3, -0.25) is 0 Å². The van der Waals surface area contributed by atoms with E-state index in [0.29, 0.717) is 0 Å². The van der Waals surface area contributed by atoms with Gasteiger partial charge in [-0.15, -0.1) is 6.20 Å². The molecule has 1 nitrogen and oxygen atoms in total. The summed E-state index contributed by atoms with van der Waals surface area (Å²) in [5.41, 5.74) is 0. The summed E-state index contributed by atoms with van der Waals surface area (Å²) in [6.07, 6.45) is 14.1. The van der Waals surface area contributed by atoms with Gasteiger partial charge >= 0.3 is 17.1 Å². The molecule has 2 heteroatoms. The van der Waals surface area contributed by atoms with E-state index in [-0.39, 0.29) is 17.1 Å². The smallest absolute Gasteiger partial charge is 0.484 e. The van der Waals surface area contributed by atoms with Crippen molar-refractivity contribution in [1.82, 2.24) is 4.98 Å². The van der Waals surface area contributed by atoms with E-state index in [9.17, 15) is 0 Å². The van der Waals surface area contributed by atoms with E-state index in [1.807, 2.05) is 18.3 Å². The fourth-order valence-corrected chi connectivity index (χ4v) is 1.14. The van der Waals surface area contributed by atoms with Crippen LogP contribution in [-0.2, 0) is 17.1 Å². The second-order valence-corrected chi connectivity index (χ2v) is 2.74. The Hall–Kier alpha value is -0.201. The Morgan fingerprint density at radius 2 is 1.92 bits per heavy atom. The minimum absolute atomic E-state index is 0. The van der Waals surface area contributed by atoms with Gasteiger partial charge in [0.2, 0.25) is 0 Å². The first kappa shape index (κ1) is 11.8. The number of aromatic amines is 1. The van der Waals surface area contributed by atoms with Crippen LogP contribution in [0.3, 0.4) is 0 Å². The predicted molar refractivity (Wildman–Crippen MR) is 47.0 cm³/mol. The minimum atomic E-state index is 0. The number of rotatable bonds is 0. The standard InChI is InChI=1S/C6H11.C4H4N.Cu/c1-2-4-6-5-3-1;1-2-4-5-3-1;/h1H,2-6H2;1-3,5H;/q2*-1;+2. The van der Waals surface area contributed by atoms with Crippen LogP contribution in [0.1, 0.15) is 32.1 Å². The Bertz CT molecular complexity index is 116. The average molecular weight is 213 g/mol. The Morgan fingerprint density at radius 3 is 2.08 bits per heavy atom. The fourth-order valence-electron chi connectivity index (χ4n) is 1.14. The van der Waals surface area contributed by atoms with Gasteiger partial charge < -0.3 is 11.4 Å². The zero-order valence-electron chi connectivity index (χ0n) is 7.15. The maximum absolute atomic E-state index is 2.74. The third kappa shape index (κ3) is 6.51. The summed E-state index contributed by atoms with van der Waals surface area (Å²) in [5.74, 6) is 0. The number of hydrogen-bond donors (Lipinski definition) is 1. The van der Waals surface area contributed by atoms with Crippen molar-refractivity contribution >= 4 is 0 Å². The second-order valence-electron chi connectivity index (χ2n) is 2.74. The van der Waals surface area contributed by atoms with Crippen LogP contribution in [0, 0.1) is 12.6 Å². The van der Waals surface area contributed by atoms with Gasteiger partial charge in [0.05, 0.1) is 0 Å². The zero-order chi connectivity index (χ0) is 7.78. The van der Waals surface area contributed by atoms with Crippen molar-refractivity contribution in [1.29, 1.82) is 0 Å². The summed E-state index contributed by atoms with van der Waals surface area (Å²) < 4.78 is 0. The molecule has 0 unspecified atom stereocenters. The molecule has 1 saturated carbocycles. The third-order valence-corrected chi connectivity index (χ3v) is 1.76. The summed E-state index contributed by atoms with van der Waals surface area (Å²) >= 11 is 0. The van der Waals surface area contributed by atoms with E-state index in [1.165, 1.54) is 32.1 Å². The molecule has 1 fully saturated rings. The molecule has 0 spiro atoms. The van der Waals surface area contributed by atoms with E-state index >= 15 is 0 Å². The first-order chi connectivity index (χ1) is 5.50. The van der Waals surface area contributed by atoms with Gasteiger partial charge in [0.25, 0.3) is 0 Å². The summed E-state index contributed by atoms with van der Waals surface area (Å²) in [5, 5.41) is 0. The summed E-state index contributed by atoms with van der Waals surface area (Å²) in [4.78, 5) is 2.74. The molecule has 12 heavy (non-hydrogen) atoms. The van der Waals surface area contributed by atoms with Crippen LogP contribution in [0.15, 0.2) is 18.3 Å². The number of hydrogen-bond acceptors (Lipinski definition) is 0. The molecule has 1 aliphatic carbocycles. The summed E-state index contributed by atoms with van der Waals surface area (Å²) in [6.45, 7) is 0. The molecule has 1 heterocycles. The zero-order valence-corrected chi connectivity index (χ0v) is 8.09. The molecule has 1 aromatic heterocycles. The largest absolute Gasteiger partial charge is 2.00 e. The molecule has 1 aromatic rings. The molecule has 0 aliphatic heterocycles. The molecule has 2 rings (SSSR count). The van der Waals surface area contributed by atoms with Crippen molar-refractivity contribution in [2.24, 2.45) is 0 Å². The topological polar surface area (TPSA) is 15.8 Å². The van der Waals surface area contributed by atoms with Crippen molar-refractivity contribution in [3.8, 4) is 0 Å². The normalized spacial score (nSPS) is 15.3. The van der Waals surface area contributed by atoms with Gasteiger partial charge in [-0.05, 0) is 0 Å². The Balaban J connectivity index is 0.000000189. The van der Waals surface area contributed by atoms with Crippen molar-refractivity contribution in [2.75, 3.05) is 0 Å². The fraction of sp³-hybridized carbons (Fsp3) is 0.500. The van der Waals surface area contributed by atoms with E-state index in [4.69, 9.17) is 0 Å². The monoisotopic (exact) mass is 212 g/mol. The number of aromatic nitrogens is 1. The van der Waals surface area contributed by atoms with Crippen LogP contribution in [0.5, 0.6) is 0 Å². The SMILES string of the molecule is [CH-]1CCCCC1.[Cu+2].[c-]1ccc[nH]1. The minimum Gasteiger partial charge on any atom is -0.484 e. The van der Waals surface area contributed by atoms with Gasteiger partial charge in [-0.1, -0.05) is 19.3 Å². The molecule has 1 radical (unpaired) electrons. The van der Waals surface area contributed by atoms with Crippen molar-refractivity contribution in [3.63, 3.8) is 0 Å². The summed E-state index contributed by atoms with van der Waals surface area (Å²) in [7, 11) is 0. The van der Waals surface area contributed by atoms with Crippen LogP contribution in [0.2, 0.25) is 0 Å². The molecule has 0 aromatic carbocycles. The molecule has 1 N–H and O–H groups in total. The molecule has 0 saturated heterocycles. The van der Waals surface area contributed by atoms with Crippen molar-refractivity contribution in [3.05, 3.63) is 30.9 Å². The van der Waals surface area contributed by atoms with Gasteiger partial charge in [-0.25, -0.2) is 0 Å². The van der Waals surface area contributed by atoms with Gasteiger partial charge in [0.15, 0.2) is 0 Å². The third-order valence-electron chi connectivity index (χ3n) is 1.76. The molecular weight excluding hydrogens is 198 g/mol. The molecule has 1 aliphatic rings. The quantitative estimate of drug-likeness (QED) is 0.503. The van der Waals surface area contributed by atoms with Crippen LogP contribution >= 0.6 is 0 Å². The van der Waals surface area contributed by atoms with Crippen molar-refractivity contribution in [2.45, 2.75) is 32.1 Å². The summed E-state index contributed by atoms with van der Waals surface area (Å²) in [6, 6.07) is 3.71. The first-order valence-corrected chi connectivity index (χ1v) is 4.31. The van der Waals surface area contributed by atoms with Crippen LogP contribution < -0.4 is 0 Å². The Labute approximate surface area is 85.4 Å². The Kier molecular flexibility index (Phi) is 8.74. The van der Waals surface area contributed by atoms with E-state index in [0.717, 1.165) is 0 Å². The molecule has 0 atom stereocenters. The van der Waals surface area contributed by atoms with E-state index in [1.54, 1.807) is 0 Å². The molecule has 0 bridgehead atoms. The van der Waals surface area contributed by atoms with Crippen molar-refractivity contribution < 1.29 is 17.1 Å². The van der Waals surface area contributed by atoms with Gasteiger partial charge in [-0.2, -0.15) is 31.2 Å². The van der Waals surface area contributed by atoms with Crippen LogP contribution in [-0.4, -0.2) is 4.98 Å². The second kappa shape index (κ2) is 8.89. The number of nitrogens with one attached hydrogen (secondary N) is 1. The van der Waals surface area contributed by atoms with E-state index < -0.39 is 0 Å². The number of H-pyrrole nitrogens is 1. The van der Waals surface area contributed by atoms with Crippen LogP contribution in [0.4, 0.5) is 0 Å². The van der Waals surface area contributed by atoms with E-state index in [2.05, 4.69) is 17.6 Å². The average Bonchev–Trinajstić information content (AvgIpc) is 2.64. The molecule has 71 valence electrons. The molecule has 0 amide bonds. The van der Waals surface area contributed by atoms with Gasteiger partial charge in [0.1, 0.15) is 0 Å². The Morgan fingerprint density at radius 1 is 1.17 bits per heavy atom. The predicted octanol–water partition coefficient (Wildman–Crippen LogP) is 2.97. The molecular formula is C10H15CuN. The van der Waals surface area contributed by atoms with Crippen LogP contribution in [0.25, 0.3) is 0 Å². The van der Waals surface area contributed by atoms with Gasteiger partial charge in [0, 0.05) is 0 Å². The first-order valence-electron chi connectivity index (χ1n) is 4.31. The maximum atomic E-state index is 2.74. The maximum Gasteiger partial charge on any atom is 2.00 e.